The van der Waals surface area contributed by atoms with Crippen molar-refractivity contribution in [2.24, 2.45) is 5.92 Å². The van der Waals surface area contributed by atoms with Crippen LogP contribution in [-0.4, -0.2) is 18.0 Å². The number of carbonyl (C=O) groups excluding carboxylic acids is 1. The molecule has 1 aromatic rings. The van der Waals surface area contributed by atoms with Gasteiger partial charge in [0.1, 0.15) is 0 Å². The summed E-state index contributed by atoms with van der Waals surface area (Å²) in [4.78, 5) is 12.5. The number of ether oxygens (including phenoxy) is 1. The van der Waals surface area contributed by atoms with Gasteiger partial charge in [-0.05, 0) is 50.3 Å². The normalized spacial score (nSPS) is 28.7. The first-order valence-electron chi connectivity index (χ1n) is 7.22. The molecule has 2 saturated heterocycles. The molecular weight excluding hydrogens is 281 g/mol. The number of Topliss-reactive ketones (excluding diaryl/α,β-unsaturated/α-hetero) is 1. The quantitative estimate of drug-likeness (QED) is 0.767. The van der Waals surface area contributed by atoms with Crippen molar-refractivity contribution in [3.63, 3.8) is 0 Å². The van der Waals surface area contributed by atoms with Crippen LogP contribution in [0.25, 0.3) is 0 Å². The average molecular weight is 298 g/mol. The Kier molecular flexibility index (Phi) is 3.56. The standard InChI is InChI=1S/C16H17F3O2/c1-9-6-10(2-5-14(9)16(17,18)19)15(20)11-7-12-3-4-13(8-11)21-12/h2,5-6,11-13H,3-4,7-8H2,1H3. The number of benzene rings is 1. The van der Waals surface area contributed by atoms with Gasteiger partial charge in [0, 0.05) is 11.5 Å². The van der Waals surface area contributed by atoms with E-state index in [1.54, 1.807) is 0 Å². The van der Waals surface area contributed by atoms with Crippen molar-refractivity contribution in [1.82, 2.24) is 0 Å². The minimum atomic E-state index is -4.37. The number of rotatable bonds is 2. The summed E-state index contributed by atoms with van der Waals surface area (Å²) in [6.07, 6.45) is -0.726. The Morgan fingerprint density at radius 2 is 1.81 bits per heavy atom. The zero-order valence-electron chi connectivity index (χ0n) is 11.7. The van der Waals surface area contributed by atoms with Gasteiger partial charge in [-0.15, -0.1) is 0 Å². The fourth-order valence-electron chi connectivity index (χ4n) is 3.44. The molecule has 2 unspecified atom stereocenters. The maximum absolute atomic E-state index is 12.7. The molecule has 21 heavy (non-hydrogen) atoms. The second-order valence-electron chi connectivity index (χ2n) is 6.02. The van der Waals surface area contributed by atoms with Crippen LogP contribution >= 0.6 is 0 Å². The summed E-state index contributed by atoms with van der Waals surface area (Å²) in [5.41, 5.74) is -0.193. The van der Waals surface area contributed by atoms with Crippen LogP contribution in [0, 0.1) is 12.8 Å². The minimum Gasteiger partial charge on any atom is -0.375 e. The van der Waals surface area contributed by atoms with Gasteiger partial charge in [-0.25, -0.2) is 0 Å². The second-order valence-corrected chi connectivity index (χ2v) is 6.02. The zero-order chi connectivity index (χ0) is 15.2. The Morgan fingerprint density at radius 1 is 1.19 bits per heavy atom. The number of ketones is 1. The second kappa shape index (κ2) is 5.13. The molecule has 3 rings (SSSR count). The molecule has 0 spiro atoms. The zero-order valence-corrected chi connectivity index (χ0v) is 11.7. The first kappa shape index (κ1) is 14.6. The molecule has 0 radical (unpaired) electrons. The molecule has 2 aliphatic heterocycles. The van der Waals surface area contributed by atoms with E-state index in [1.807, 2.05) is 0 Å². The SMILES string of the molecule is Cc1cc(C(=O)C2CC3CCC(C2)O3)ccc1C(F)(F)F. The van der Waals surface area contributed by atoms with Crippen LogP contribution in [0.4, 0.5) is 13.2 Å². The van der Waals surface area contributed by atoms with Crippen molar-refractivity contribution in [3.05, 3.63) is 34.9 Å². The van der Waals surface area contributed by atoms with E-state index >= 15 is 0 Å². The van der Waals surface area contributed by atoms with Crippen LogP contribution < -0.4 is 0 Å². The van der Waals surface area contributed by atoms with E-state index in [1.165, 1.54) is 19.1 Å². The Balaban J connectivity index is 1.81. The molecule has 2 nitrogen and oxygen atoms in total. The van der Waals surface area contributed by atoms with E-state index < -0.39 is 11.7 Å². The Hall–Kier alpha value is -1.36. The summed E-state index contributed by atoms with van der Waals surface area (Å²) < 4.78 is 43.9. The lowest BCUT2D eigenvalue weighted by Gasteiger charge is -2.27. The molecule has 1 aromatic carbocycles. The van der Waals surface area contributed by atoms with Crippen molar-refractivity contribution < 1.29 is 22.7 Å². The third-order valence-corrected chi connectivity index (χ3v) is 4.48. The summed E-state index contributed by atoms with van der Waals surface area (Å²) >= 11 is 0. The van der Waals surface area contributed by atoms with Gasteiger partial charge in [-0.3, -0.25) is 4.79 Å². The van der Waals surface area contributed by atoms with E-state index in [4.69, 9.17) is 4.74 Å². The lowest BCUT2D eigenvalue weighted by atomic mass is 9.87. The van der Waals surface area contributed by atoms with Crippen LogP contribution in [0.2, 0.25) is 0 Å². The van der Waals surface area contributed by atoms with Gasteiger partial charge in [0.15, 0.2) is 5.78 Å². The highest BCUT2D eigenvalue weighted by molar-refractivity contribution is 5.98. The average Bonchev–Trinajstić information content (AvgIpc) is 2.75. The molecule has 0 amide bonds. The van der Waals surface area contributed by atoms with Crippen molar-refractivity contribution >= 4 is 5.78 Å². The van der Waals surface area contributed by atoms with Gasteiger partial charge >= 0.3 is 6.18 Å². The Bertz CT molecular complexity index is 553. The van der Waals surface area contributed by atoms with Gasteiger partial charge in [0.2, 0.25) is 0 Å². The summed E-state index contributed by atoms with van der Waals surface area (Å²) in [6, 6.07) is 3.68. The van der Waals surface area contributed by atoms with E-state index in [-0.39, 0.29) is 29.5 Å². The van der Waals surface area contributed by atoms with Gasteiger partial charge < -0.3 is 4.74 Å². The number of hydrogen-bond donors (Lipinski definition) is 0. The molecule has 2 fully saturated rings. The fourth-order valence-corrected chi connectivity index (χ4v) is 3.44. The molecule has 0 saturated carbocycles. The van der Waals surface area contributed by atoms with E-state index in [9.17, 15) is 18.0 Å². The Morgan fingerprint density at radius 3 is 2.33 bits per heavy atom. The van der Waals surface area contributed by atoms with E-state index in [0.29, 0.717) is 18.4 Å². The monoisotopic (exact) mass is 298 g/mol. The van der Waals surface area contributed by atoms with Gasteiger partial charge in [0.25, 0.3) is 0 Å². The number of aryl methyl sites for hydroxylation is 1. The number of halogens is 3. The molecule has 0 N–H and O–H groups in total. The number of fused-ring (bicyclic) bond motifs is 2. The number of alkyl halides is 3. The molecule has 2 heterocycles. The van der Waals surface area contributed by atoms with Crippen LogP contribution in [0.1, 0.15) is 47.2 Å². The predicted octanol–water partition coefficient (Wildman–Crippen LogP) is 4.15. The minimum absolute atomic E-state index is 0.0491. The molecule has 5 heteroatoms. The van der Waals surface area contributed by atoms with Crippen molar-refractivity contribution in [2.45, 2.75) is 51.0 Å². The van der Waals surface area contributed by atoms with E-state index in [2.05, 4.69) is 0 Å². The summed E-state index contributed by atoms with van der Waals surface area (Å²) in [6.45, 7) is 1.40. The van der Waals surface area contributed by atoms with Gasteiger partial charge in [-0.1, -0.05) is 6.07 Å². The highest BCUT2D eigenvalue weighted by Crippen LogP contribution is 2.38. The van der Waals surface area contributed by atoms with Crippen LogP contribution in [0.3, 0.4) is 0 Å². The number of carbonyl (C=O) groups is 1. The maximum Gasteiger partial charge on any atom is 0.416 e. The maximum atomic E-state index is 12.7. The molecular formula is C16H17F3O2. The van der Waals surface area contributed by atoms with Crippen LogP contribution in [0.15, 0.2) is 18.2 Å². The van der Waals surface area contributed by atoms with Crippen molar-refractivity contribution in [2.75, 3.05) is 0 Å². The summed E-state index contributed by atoms with van der Waals surface area (Å²) in [7, 11) is 0. The highest BCUT2D eigenvalue weighted by Gasteiger charge is 2.38. The summed E-state index contributed by atoms with van der Waals surface area (Å²) in [5, 5.41) is 0. The Labute approximate surface area is 121 Å². The van der Waals surface area contributed by atoms with Crippen LogP contribution in [0.5, 0.6) is 0 Å². The summed E-state index contributed by atoms with van der Waals surface area (Å²) in [5.74, 6) is -0.167. The largest absolute Gasteiger partial charge is 0.416 e. The topological polar surface area (TPSA) is 26.3 Å². The number of hydrogen-bond acceptors (Lipinski definition) is 2. The predicted molar refractivity (Wildman–Crippen MR) is 71.1 cm³/mol. The van der Waals surface area contributed by atoms with Crippen LogP contribution in [-0.2, 0) is 10.9 Å². The lowest BCUT2D eigenvalue weighted by molar-refractivity contribution is -0.138. The van der Waals surface area contributed by atoms with Crippen molar-refractivity contribution in [3.8, 4) is 0 Å². The molecule has 0 aromatic heterocycles. The molecule has 0 aliphatic carbocycles. The van der Waals surface area contributed by atoms with Crippen molar-refractivity contribution in [1.29, 1.82) is 0 Å². The smallest absolute Gasteiger partial charge is 0.375 e. The molecule has 2 aliphatic rings. The van der Waals surface area contributed by atoms with Gasteiger partial charge in [0.05, 0.1) is 17.8 Å². The fraction of sp³-hybridized carbons (Fsp3) is 0.562. The third kappa shape index (κ3) is 2.84. The van der Waals surface area contributed by atoms with E-state index in [0.717, 1.165) is 18.9 Å². The molecule has 114 valence electrons. The highest BCUT2D eigenvalue weighted by atomic mass is 19.4. The van der Waals surface area contributed by atoms with Gasteiger partial charge in [-0.2, -0.15) is 13.2 Å². The third-order valence-electron chi connectivity index (χ3n) is 4.48. The molecule has 2 bridgehead atoms. The first-order chi connectivity index (χ1) is 9.84. The lowest BCUT2D eigenvalue weighted by Crippen LogP contribution is -2.30. The first-order valence-corrected chi connectivity index (χ1v) is 7.22. The molecule has 2 atom stereocenters.